The first-order chi connectivity index (χ1) is 8.95. The van der Waals surface area contributed by atoms with Crippen LogP contribution < -0.4 is 11.1 Å². The van der Waals surface area contributed by atoms with Crippen molar-refractivity contribution in [3.05, 3.63) is 52.0 Å². The summed E-state index contributed by atoms with van der Waals surface area (Å²) in [6.07, 6.45) is 0. The molecule has 98 valence electrons. The maximum absolute atomic E-state index is 10.8. The molecular weight excluding hydrogens is 308 g/mol. The van der Waals surface area contributed by atoms with Gasteiger partial charge in [0.2, 0.25) is 0 Å². The Hall–Kier alpha value is -2.01. The third-order valence-electron chi connectivity index (χ3n) is 2.62. The third kappa shape index (κ3) is 3.26. The molecule has 0 radical (unpaired) electrons. The molecule has 0 unspecified atom stereocenters. The molecule has 2 aromatic rings. The first kappa shape index (κ1) is 13.4. The fourth-order valence-corrected chi connectivity index (χ4v) is 2.38. The van der Waals surface area contributed by atoms with Gasteiger partial charge in [0.05, 0.1) is 16.9 Å². The number of hydrogen-bond acceptors (Lipinski definition) is 3. The highest BCUT2D eigenvalue weighted by Crippen LogP contribution is 2.27. The standard InChI is InChI=1S/C14H13BrN2O2/c1-8-4-10(15)7-11(5-8)17-13-3-2-9(14(18)19)6-12(13)16/h2-7,17H,16H2,1H3,(H,18,19). The summed E-state index contributed by atoms with van der Waals surface area (Å²) in [5.41, 5.74) is 9.10. The van der Waals surface area contributed by atoms with Crippen LogP contribution in [0, 0.1) is 6.92 Å². The zero-order valence-electron chi connectivity index (χ0n) is 10.3. The van der Waals surface area contributed by atoms with E-state index < -0.39 is 5.97 Å². The van der Waals surface area contributed by atoms with Gasteiger partial charge in [-0.15, -0.1) is 0 Å². The van der Waals surface area contributed by atoms with Crippen molar-refractivity contribution in [2.75, 3.05) is 11.1 Å². The molecule has 0 aliphatic rings. The SMILES string of the molecule is Cc1cc(Br)cc(Nc2ccc(C(=O)O)cc2N)c1. The molecule has 2 rings (SSSR count). The van der Waals surface area contributed by atoms with Crippen molar-refractivity contribution in [2.45, 2.75) is 6.92 Å². The highest BCUT2D eigenvalue weighted by Gasteiger charge is 2.07. The van der Waals surface area contributed by atoms with E-state index in [0.29, 0.717) is 11.4 Å². The number of aromatic carboxylic acids is 1. The monoisotopic (exact) mass is 320 g/mol. The number of nitrogens with one attached hydrogen (secondary N) is 1. The van der Waals surface area contributed by atoms with Crippen LogP contribution >= 0.6 is 15.9 Å². The van der Waals surface area contributed by atoms with Gasteiger partial charge in [-0.2, -0.15) is 0 Å². The molecular formula is C14H13BrN2O2. The van der Waals surface area contributed by atoms with Crippen LogP contribution in [0.25, 0.3) is 0 Å². The Labute approximate surface area is 119 Å². The predicted molar refractivity (Wildman–Crippen MR) is 80.0 cm³/mol. The Morgan fingerprint density at radius 2 is 2.00 bits per heavy atom. The van der Waals surface area contributed by atoms with Crippen molar-refractivity contribution in [2.24, 2.45) is 0 Å². The summed E-state index contributed by atoms with van der Waals surface area (Å²) in [4.78, 5) is 10.8. The van der Waals surface area contributed by atoms with E-state index in [1.54, 1.807) is 6.07 Å². The van der Waals surface area contributed by atoms with Crippen LogP contribution in [-0.2, 0) is 0 Å². The summed E-state index contributed by atoms with van der Waals surface area (Å²) in [5, 5.41) is 12.1. The Balaban J connectivity index is 2.30. The molecule has 0 amide bonds. The lowest BCUT2D eigenvalue weighted by Crippen LogP contribution is -2.01. The van der Waals surface area contributed by atoms with Crippen LogP contribution in [0.5, 0.6) is 0 Å². The van der Waals surface area contributed by atoms with Gasteiger partial charge < -0.3 is 16.2 Å². The normalized spacial score (nSPS) is 10.2. The van der Waals surface area contributed by atoms with Gasteiger partial charge >= 0.3 is 5.97 Å². The zero-order valence-corrected chi connectivity index (χ0v) is 11.9. The Morgan fingerprint density at radius 1 is 1.26 bits per heavy atom. The summed E-state index contributed by atoms with van der Waals surface area (Å²) >= 11 is 3.43. The van der Waals surface area contributed by atoms with E-state index >= 15 is 0 Å². The van der Waals surface area contributed by atoms with E-state index in [-0.39, 0.29) is 5.56 Å². The van der Waals surface area contributed by atoms with Crippen molar-refractivity contribution < 1.29 is 9.90 Å². The molecule has 0 saturated heterocycles. The van der Waals surface area contributed by atoms with Crippen LogP contribution in [0.2, 0.25) is 0 Å². The number of benzene rings is 2. The van der Waals surface area contributed by atoms with E-state index in [1.165, 1.54) is 12.1 Å². The van der Waals surface area contributed by atoms with Crippen molar-refractivity contribution >= 4 is 39.0 Å². The maximum atomic E-state index is 10.8. The van der Waals surface area contributed by atoms with Gasteiger partial charge in [-0.1, -0.05) is 15.9 Å². The van der Waals surface area contributed by atoms with Gasteiger partial charge in [0, 0.05) is 10.2 Å². The average Bonchev–Trinajstić information content (AvgIpc) is 2.30. The molecule has 5 heteroatoms. The fraction of sp³-hybridized carbons (Fsp3) is 0.0714. The number of hydrogen-bond donors (Lipinski definition) is 3. The second kappa shape index (κ2) is 5.32. The van der Waals surface area contributed by atoms with Crippen LogP contribution in [0.15, 0.2) is 40.9 Å². The molecule has 0 atom stereocenters. The minimum Gasteiger partial charge on any atom is -0.478 e. The fourth-order valence-electron chi connectivity index (χ4n) is 1.77. The van der Waals surface area contributed by atoms with Crippen LogP contribution in [0.4, 0.5) is 17.1 Å². The number of nitrogens with two attached hydrogens (primary N) is 1. The Kier molecular flexibility index (Phi) is 3.76. The molecule has 0 spiro atoms. The smallest absolute Gasteiger partial charge is 0.335 e. The maximum Gasteiger partial charge on any atom is 0.335 e. The molecule has 4 N–H and O–H groups in total. The van der Waals surface area contributed by atoms with Gasteiger partial charge in [0.15, 0.2) is 0 Å². The number of carbonyl (C=O) groups is 1. The molecule has 0 fully saturated rings. The summed E-state index contributed by atoms with van der Waals surface area (Å²) in [6, 6.07) is 10.5. The van der Waals surface area contributed by atoms with Crippen LogP contribution in [0.3, 0.4) is 0 Å². The zero-order chi connectivity index (χ0) is 14.0. The second-order valence-electron chi connectivity index (χ2n) is 4.25. The van der Waals surface area contributed by atoms with Gasteiger partial charge in [-0.25, -0.2) is 4.79 Å². The number of carboxylic acids is 1. The molecule has 0 saturated carbocycles. The van der Waals surface area contributed by atoms with Crippen molar-refractivity contribution in [3.63, 3.8) is 0 Å². The predicted octanol–water partition coefficient (Wildman–Crippen LogP) is 3.78. The number of nitrogen functional groups attached to an aromatic ring is 1. The van der Waals surface area contributed by atoms with E-state index in [4.69, 9.17) is 10.8 Å². The Bertz CT molecular complexity index is 621. The Morgan fingerprint density at radius 3 is 2.58 bits per heavy atom. The molecule has 0 aliphatic heterocycles. The summed E-state index contributed by atoms with van der Waals surface area (Å²) in [5.74, 6) is -0.989. The number of halogens is 1. The number of rotatable bonds is 3. The lowest BCUT2D eigenvalue weighted by atomic mass is 10.1. The van der Waals surface area contributed by atoms with E-state index in [1.807, 2.05) is 25.1 Å². The van der Waals surface area contributed by atoms with E-state index in [2.05, 4.69) is 21.2 Å². The first-order valence-corrected chi connectivity index (χ1v) is 6.42. The van der Waals surface area contributed by atoms with Crippen molar-refractivity contribution in [1.82, 2.24) is 0 Å². The number of anilines is 3. The summed E-state index contributed by atoms with van der Waals surface area (Å²) < 4.78 is 0.968. The molecule has 19 heavy (non-hydrogen) atoms. The van der Waals surface area contributed by atoms with Crippen LogP contribution in [0.1, 0.15) is 15.9 Å². The van der Waals surface area contributed by atoms with E-state index in [9.17, 15) is 4.79 Å². The minimum absolute atomic E-state index is 0.175. The lowest BCUT2D eigenvalue weighted by Gasteiger charge is -2.11. The summed E-state index contributed by atoms with van der Waals surface area (Å²) in [6.45, 7) is 1.99. The largest absolute Gasteiger partial charge is 0.478 e. The molecule has 0 heterocycles. The van der Waals surface area contributed by atoms with Gasteiger partial charge in [0.1, 0.15) is 0 Å². The first-order valence-electron chi connectivity index (χ1n) is 5.63. The lowest BCUT2D eigenvalue weighted by molar-refractivity contribution is 0.0697. The van der Waals surface area contributed by atoms with Gasteiger partial charge in [-0.3, -0.25) is 0 Å². The minimum atomic E-state index is -0.989. The van der Waals surface area contributed by atoms with Gasteiger partial charge in [-0.05, 0) is 48.9 Å². The number of carboxylic acid groups (broad SMARTS) is 1. The topological polar surface area (TPSA) is 75.3 Å². The molecule has 0 aliphatic carbocycles. The van der Waals surface area contributed by atoms with Crippen molar-refractivity contribution in [1.29, 1.82) is 0 Å². The molecule has 2 aromatic carbocycles. The molecule has 0 aromatic heterocycles. The van der Waals surface area contributed by atoms with Gasteiger partial charge in [0.25, 0.3) is 0 Å². The third-order valence-corrected chi connectivity index (χ3v) is 3.08. The summed E-state index contributed by atoms with van der Waals surface area (Å²) in [7, 11) is 0. The highest BCUT2D eigenvalue weighted by atomic mass is 79.9. The van der Waals surface area contributed by atoms with E-state index in [0.717, 1.165) is 15.7 Å². The van der Waals surface area contributed by atoms with Crippen LogP contribution in [-0.4, -0.2) is 11.1 Å². The quantitative estimate of drug-likeness (QED) is 0.752. The molecule has 4 nitrogen and oxygen atoms in total. The molecule has 0 bridgehead atoms. The second-order valence-corrected chi connectivity index (χ2v) is 5.17. The average molecular weight is 321 g/mol. The number of aryl methyl sites for hydroxylation is 1. The van der Waals surface area contributed by atoms with Crippen molar-refractivity contribution in [3.8, 4) is 0 Å². The highest BCUT2D eigenvalue weighted by molar-refractivity contribution is 9.10.